The molecule has 0 amide bonds. The van der Waals surface area contributed by atoms with Crippen LogP contribution in [0.25, 0.3) is 0 Å². The topological polar surface area (TPSA) is 69.2 Å². The van der Waals surface area contributed by atoms with Crippen LogP contribution < -0.4 is 4.90 Å². The molecule has 1 fully saturated rings. The van der Waals surface area contributed by atoms with E-state index in [0.29, 0.717) is 10.7 Å². The van der Waals surface area contributed by atoms with Crippen LogP contribution in [0.4, 0.5) is 5.82 Å². The number of hydrogen-bond acceptors (Lipinski definition) is 6. The highest BCUT2D eigenvalue weighted by Gasteiger charge is 2.21. The Labute approximate surface area is 140 Å². The fraction of sp³-hybridized carbons (Fsp3) is 0.438. The molecule has 1 aliphatic heterocycles. The summed E-state index contributed by atoms with van der Waals surface area (Å²) in [6, 6.07) is 5.49. The first-order valence-electron chi connectivity index (χ1n) is 7.53. The van der Waals surface area contributed by atoms with Gasteiger partial charge in [-0.15, -0.1) is 0 Å². The molecule has 2 aromatic rings. The van der Waals surface area contributed by atoms with Gasteiger partial charge in [0.2, 0.25) is 0 Å². The van der Waals surface area contributed by atoms with Gasteiger partial charge in [-0.25, -0.2) is 4.98 Å². The van der Waals surface area contributed by atoms with E-state index >= 15 is 0 Å². The molecule has 0 bridgehead atoms. The first kappa shape index (κ1) is 15.8. The standard InChI is InChI=1S/C16H18ClN5O/c1-11-14(12(2)23-20-11)10-21-3-5-22(6-4-21)16-8-13(9-18)7-15(17)19-16/h7-8H,3-6,10H2,1-2H3. The van der Waals surface area contributed by atoms with Crippen molar-refractivity contribution in [2.45, 2.75) is 20.4 Å². The monoisotopic (exact) mass is 331 g/mol. The molecule has 1 saturated heterocycles. The van der Waals surface area contributed by atoms with Crippen LogP contribution in [-0.2, 0) is 6.54 Å². The fourth-order valence-electron chi connectivity index (χ4n) is 2.80. The maximum atomic E-state index is 9.04. The lowest BCUT2D eigenvalue weighted by Crippen LogP contribution is -2.46. The third-order valence-electron chi connectivity index (χ3n) is 4.17. The molecule has 23 heavy (non-hydrogen) atoms. The maximum absolute atomic E-state index is 9.04. The van der Waals surface area contributed by atoms with Crippen molar-refractivity contribution in [2.24, 2.45) is 0 Å². The van der Waals surface area contributed by atoms with Gasteiger partial charge < -0.3 is 9.42 Å². The second kappa shape index (κ2) is 6.57. The van der Waals surface area contributed by atoms with Gasteiger partial charge in [-0.2, -0.15) is 5.26 Å². The van der Waals surface area contributed by atoms with Gasteiger partial charge in [0.25, 0.3) is 0 Å². The number of piperazine rings is 1. The quantitative estimate of drug-likeness (QED) is 0.805. The summed E-state index contributed by atoms with van der Waals surface area (Å²) in [7, 11) is 0. The van der Waals surface area contributed by atoms with Crippen molar-refractivity contribution in [1.29, 1.82) is 5.26 Å². The third-order valence-corrected chi connectivity index (χ3v) is 4.36. The van der Waals surface area contributed by atoms with E-state index in [1.165, 1.54) is 5.56 Å². The minimum absolute atomic E-state index is 0.359. The predicted octanol–water partition coefficient (Wildman–Crippen LogP) is 2.53. The minimum Gasteiger partial charge on any atom is -0.361 e. The maximum Gasteiger partial charge on any atom is 0.138 e. The number of anilines is 1. The van der Waals surface area contributed by atoms with E-state index in [1.54, 1.807) is 12.1 Å². The van der Waals surface area contributed by atoms with Crippen LogP contribution in [0.2, 0.25) is 5.15 Å². The lowest BCUT2D eigenvalue weighted by Gasteiger charge is -2.35. The van der Waals surface area contributed by atoms with E-state index in [-0.39, 0.29) is 0 Å². The summed E-state index contributed by atoms with van der Waals surface area (Å²) in [5.74, 6) is 1.66. The normalized spacial score (nSPS) is 15.7. The molecule has 7 heteroatoms. The molecule has 0 unspecified atom stereocenters. The van der Waals surface area contributed by atoms with Crippen molar-refractivity contribution in [1.82, 2.24) is 15.0 Å². The van der Waals surface area contributed by atoms with E-state index in [9.17, 15) is 0 Å². The summed E-state index contributed by atoms with van der Waals surface area (Å²) < 4.78 is 5.22. The molecule has 0 aliphatic carbocycles. The lowest BCUT2D eigenvalue weighted by atomic mass is 10.1. The number of aromatic nitrogens is 2. The number of aryl methyl sites for hydroxylation is 2. The minimum atomic E-state index is 0.359. The Hall–Kier alpha value is -2.10. The second-order valence-corrected chi connectivity index (χ2v) is 6.10. The molecule has 0 spiro atoms. The van der Waals surface area contributed by atoms with Gasteiger partial charge in [0.05, 0.1) is 17.3 Å². The molecule has 2 aromatic heterocycles. The molecule has 3 rings (SSSR count). The highest BCUT2D eigenvalue weighted by atomic mass is 35.5. The van der Waals surface area contributed by atoms with Crippen LogP contribution in [0.15, 0.2) is 16.7 Å². The van der Waals surface area contributed by atoms with E-state index in [4.69, 9.17) is 21.4 Å². The summed E-state index contributed by atoms with van der Waals surface area (Å²) in [6.45, 7) is 8.30. The number of halogens is 1. The van der Waals surface area contributed by atoms with Crippen molar-refractivity contribution < 1.29 is 4.52 Å². The molecule has 3 heterocycles. The summed E-state index contributed by atoms with van der Waals surface area (Å²) >= 11 is 5.99. The smallest absolute Gasteiger partial charge is 0.138 e. The van der Waals surface area contributed by atoms with Gasteiger partial charge in [-0.05, 0) is 26.0 Å². The van der Waals surface area contributed by atoms with Crippen molar-refractivity contribution in [3.8, 4) is 6.07 Å². The van der Waals surface area contributed by atoms with Gasteiger partial charge >= 0.3 is 0 Å². The summed E-state index contributed by atoms with van der Waals surface area (Å²) in [5.41, 5.74) is 2.67. The first-order valence-corrected chi connectivity index (χ1v) is 7.91. The van der Waals surface area contributed by atoms with Crippen molar-refractivity contribution in [2.75, 3.05) is 31.1 Å². The van der Waals surface area contributed by atoms with Crippen LogP contribution >= 0.6 is 11.6 Å². The molecule has 1 aliphatic rings. The molecule has 0 aromatic carbocycles. The SMILES string of the molecule is Cc1noc(C)c1CN1CCN(c2cc(C#N)cc(Cl)n2)CC1. The predicted molar refractivity (Wildman–Crippen MR) is 87.4 cm³/mol. The van der Waals surface area contributed by atoms with Crippen molar-refractivity contribution >= 4 is 17.4 Å². The average Bonchev–Trinajstić information content (AvgIpc) is 2.87. The van der Waals surface area contributed by atoms with Gasteiger partial charge in [0.1, 0.15) is 16.7 Å². The highest BCUT2D eigenvalue weighted by molar-refractivity contribution is 6.29. The van der Waals surface area contributed by atoms with E-state index in [1.807, 2.05) is 13.8 Å². The summed E-state index contributed by atoms with van der Waals surface area (Å²) in [5, 5.41) is 13.4. The lowest BCUT2D eigenvalue weighted by molar-refractivity contribution is 0.247. The first-order chi connectivity index (χ1) is 11.1. The van der Waals surface area contributed by atoms with Crippen LogP contribution in [0.1, 0.15) is 22.6 Å². The van der Waals surface area contributed by atoms with Gasteiger partial charge in [0.15, 0.2) is 0 Å². The Bertz CT molecular complexity index is 724. The van der Waals surface area contributed by atoms with Crippen LogP contribution in [0.3, 0.4) is 0 Å². The molecular formula is C16H18ClN5O. The largest absolute Gasteiger partial charge is 0.361 e. The Morgan fingerprint density at radius 2 is 2.00 bits per heavy atom. The average molecular weight is 332 g/mol. The number of nitriles is 1. The molecule has 0 saturated carbocycles. The fourth-order valence-corrected chi connectivity index (χ4v) is 3.00. The Kier molecular flexibility index (Phi) is 4.51. The Morgan fingerprint density at radius 3 is 2.61 bits per heavy atom. The van der Waals surface area contributed by atoms with Crippen LogP contribution in [0, 0.1) is 25.2 Å². The molecule has 0 radical (unpaired) electrons. The number of nitrogens with zero attached hydrogens (tertiary/aromatic N) is 5. The number of pyridine rings is 1. The van der Waals surface area contributed by atoms with Crippen LogP contribution in [0.5, 0.6) is 0 Å². The molecule has 6 nitrogen and oxygen atoms in total. The van der Waals surface area contributed by atoms with Gasteiger partial charge in [0, 0.05) is 38.3 Å². The van der Waals surface area contributed by atoms with Gasteiger partial charge in [-0.3, -0.25) is 4.90 Å². The number of rotatable bonds is 3. The summed E-state index contributed by atoms with van der Waals surface area (Å²) in [4.78, 5) is 8.87. The van der Waals surface area contributed by atoms with Crippen LogP contribution in [-0.4, -0.2) is 41.2 Å². The van der Waals surface area contributed by atoms with E-state index in [2.05, 4.69) is 26.0 Å². The summed E-state index contributed by atoms with van der Waals surface area (Å²) in [6.07, 6.45) is 0. The van der Waals surface area contributed by atoms with E-state index in [0.717, 1.165) is 50.0 Å². The highest BCUT2D eigenvalue weighted by Crippen LogP contribution is 2.21. The number of hydrogen-bond donors (Lipinski definition) is 0. The Morgan fingerprint density at radius 1 is 1.26 bits per heavy atom. The van der Waals surface area contributed by atoms with Gasteiger partial charge in [-0.1, -0.05) is 16.8 Å². The zero-order chi connectivity index (χ0) is 16.4. The zero-order valence-electron chi connectivity index (χ0n) is 13.2. The van der Waals surface area contributed by atoms with Crippen molar-refractivity contribution in [3.05, 3.63) is 39.9 Å². The Balaban J connectivity index is 1.65. The molecule has 120 valence electrons. The molecule has 0 atom stereocenters. The third kappa shape index (κ3) is 3.46. The zero-order valence-corrected chi connectivity index (χ0v) is 14.0. The molecule has 0 N–H and O–H groups in total. The van der Waals surface area contributed by atoms with E-state index < -0.39 is 0 Å². The van der Waals surface area contributed by atoms with Crippen molar-refractivity contribution in [3.63, 3.8) is 0 Å². The molecular weight excluding hydrogens is 314 g/mol. The second-order valence-electron chi connectivity index (χ2n) is 5.71.